The quantitative estimate of drug-likeness (QED) is 0.895. The molecule has 0 saturated heterocycles. The average Bonchev–Trinajstić information content (AvgIpc) is 2.95. The fraction of sp³-hybridized carbons (Fsp3) is 0.353. The van der Waals surface area contributed by atoms with Crippen LogP contribution in [0.3, 0.4) is 0 Å². The van der Waals surface area contributed by atoms with Gasteiger partial charge in [0, 0.05) is 11.1 Å². The number of rotatable bonds is 3. The first-order valence-corrected chi connectivity index (χ1v) is 8.87. The second-order valence-electron chi connectivity index (χ2n) is 5.77. The molecule has 0 aliphatic carbocycles. The number of nitrogens with one attached hydrogen (secondary N) is 2. The van der Waals surface area contributed by atoms with E-state index in [4.69, 9.17) is 0 Å². The molecule has 2 N–H and O–H groups in total. The molecule has 7 heteroatoms. The highest BCUT2D eigenvalue weighted by atomic mass is 32.1. The molecule has 2 heterocycles. The molecule has 0 saturated carbocycles. The summed E-state index contributed by atoms with van der Waals surface area (Å²) in [5, 5.41) is 8.20. The van der Waals surface area contributed by atoms with Gasteiger partial charge in [-0.25, -0.2) is 9.78 Å². The Morgan fingerprint density at radius 1 is 1.46 bits per heavy atom. The molecule has 1 aliphatic heterocycles. The van der Waals surface area contributed by atoms with E-state index in [9.17, 15) is 9.59 Å². The van der Waals surface area contributed by atoms with Crippen LogP contribution in [0.15, 0.2) is 29.6 Å². The number of hydrogen-bond acceptors (Lipinski definition) is 4. The van der Waals surface area contributed by atoms with Crippen molar-refractivity contribution in [3.8, 4) is 0 Å². The lowest BCUT2D eigenvalue weighted by atomic mass is 10.2. The van der Waals surface area contributed by atoms with Crippen molar-refractivity contribution < 1.29 is 9.59 Å². The third kappa shape index (κ3) is 3.41. The van der Waals surface area contributed by atoms with E-state index in [1.54, 1.807) is 6.92 Å². The number of carbonyl (C=O) groups is 2. The number of aromatic nitrogens is 1. The van der Waals surface area contributed by atoms with Crippen LogP contribution in [0.2, 0.25) is 0 Å². The zero-order valence-corrected chi connectivity index (χ0v) is 14.5. The third-order valence-corrected chi connectivity index (χ3v) is 4.80. The zero-order chi connectivity index (χ0) is 17.1. The number of benzene rings is 1. The number of carbonyl (C=O) groups excluding carboxylic acids is 2. The monoisotopic (exact) mass is 344 g/mol. The lowest BCUT2D eigenvalue weighted by Crippen LogP contribution is -2.45. The molecule has 1 aromatic carbocycles. The number of anilines is 2. The maximum atomic E-state index is 12.7. The van der Waals surface area contributed by atoms with Gasteiger partial charge in [0.2, 0.25) is 5.91 Å². The Morgan fingerprint density at radius 3 is 3.04 bits per heavy atom. The molecule has 6 nitrogen and oxygen atoms in total. The number of nitrogens with zero attached hydrogens (tertiary/aromatic N) is 2. The fourth-order valence-corrected chi connectivity index (χ4v) is 3.36. The summed E-state index contributed by atoms with van der Waals surface area (Å²) >= 11 is 1.40. The Hall–Kier alpha value is -2.41. The number of thiazole rings is 1. The van der Waals surface area contributed by atoms with E-state index >= 15 is 0 Å². The van der Waals surface area contributed by atoms with Crippen LogP contribution in [0.4, 0.5) is 15.6 Å². The highest BCUT2D eigenvalue weighted by Crippen LogP contribution is 2.24. The first-order chi connectivity index (χ1) is 11.6. The van der Waals surface area contributed by atoms with Crippen LogP contribution in [-0.4, -0.2) is 27.9 Å². The molecule has 1 unspecified atom stereocenters. The first kappa shape index (κ1) is 16.4. The van der Waals surface area contributed by atoms with Gasteiger partial charge in [0.1, 0.15) is 6.04 Å². The lowest BCUT2D eigenvalue weighted by molar-refractivity contribution is -0.119. The minimum absolute atomic E-state index is 0.194. The maximum absolute atomic E-state index is 12.7. The van der Waals surface area contributed by atoms with Crippen molar-refractivity contribution in [2.45, 2.75) is 39.3 Å². The minimum Gasteiger partial charge on any atom is -0.324 e. The van der Waals surface area contributed by atoms with Gasteiger partial charge in [0.25, 0.3) is 0 Å². The summed E-state index contributed by atoms with van der Waals surface area (Å²) in [6.07, 6.45) is 1.90. The van der Waals surface area contributed by atoms with Gasteiger partial charge in [-0.15, -0.1) is 11.3 Å². The predicted octanol–water partition coefficient (Wildman–Crippen LogP) is 3.47. The van der Waals surface area contributed by atoms with Gasteiger partial charge < -0.3 is 10.2 Å². The molecule has 24 heavy (non-hydrogen) atoms. The molecule has 0 spiro atoms. The van der Waals surface area contributed by atoms with Gasteiger partial charge in [-0.2, -0.15) is 0 Å². The lowest BCUT2D eigenvalue weighted by Gasteiger charge is -2.25. The molecule has 1 aliphatic rings. The standard InChI is InChI=1S/C17H20N4O2S/c1-3-6-13-10-24-16(18-13)20-17(23)21-9-12-7-4-5-8-14(12)19-15(22)11(21)2/h4-5,7-8,10-11H,3,6,9H2,1-2H3,(H,19,22)(H,18,20,23). The molecule has 126 valence electrons. The van der Waals surface area contributed by atoms with Crippen LogP contribution in [-0.2, 0) is 17.8 Å². The molecule has 2 aromatic rings. The molecule has 0 fully saturated rings. The van der Waals surface area contributed by atoms with Gasteiger partial charge in [-0.3, -0.25) is 10.1 Å². The van der Waals surface area contributed by atoms with Crippen molar-refractivity contribution in [1.29, 1.82) is 0 Å². The van der Waals surface area contributed by atoms with Crippen molar-refractivity contribution >= 4 is 34.1 Å². The van der Waals surface area contributed by atoms with Crippen LogP contribution in [0.25, 0.3) is 0 Å². The summed E-state index contributed by atoms with van der Waals surface area (Å²) in [5.41, 5.74) is 2.64. The van der Waals surface area contributed by atoms with Crippen LogP contribution >= 0.6 is 11.3 Å². The van der Waals surface area contributed by atoms with Crippen LogP contribution in [0.5, 0.6) is 0 Å². The number of para-hydroxylation sites is 1. The smallest absolute Gasteiger partial charge is 0.324 e. The number of amides is 3. The first-order valence-electron chi connectivity index (χ1n) is 7.99. The molecular weight excluding hydrogens is 324 g/mol. The van der Waals surface area contributed by atoms with Crippen LogP contribution in [0.1, 0.15) is 31.5 Å². The van der Waals surface area contributed by atoms with Gasteiger partial charge in [-0.1, -0.05) is 31.5 Å². The van der Waals surface area contributed by atoms with E-state index in [1.807, 2.05) is 29.6 Å². The average molecular weight is 344 g/mol. The highest BCUT2D eigenvalue weighted by Gasteiger charge is 2.30. The van der Waals surface area contributed by atoms with E-state index < -0.39 is 6.04 Å². The summed E-state index contributed by atoms with van der Waals surface area (Å²) in [4.78, 5) is 30.9. The van der Waals surface area contributed by atoms with E-state index in [0.29, 0.717) is 11.7 Å². The number of fused-ring (bicyclic) bond motifs is 1. The largest absolute Gasteiger partial charge is 0.324 e. The highest BCUT2D eigenvalue weighted by molar-refractivity contribution is 7.13. The molecule has 1 aromatic heterocycles. The Balaban J connectivity index is 1.78. The van der Waals surface area contributed by atoms with Crippen molar-refractivity contribution in [3.05, 3.63) is 40.9 Å². The predicted molar refractivity (Wildman–Crippen MR) is 95.2 cm³/mol. The Labute approximate surface area is 144 Å². The Bertz CT molecular complexity index is 759. The molecular formula is C17H20N4O2S. The second-order valence-corrected chi connectivity index (χ2v) is 6.63. The number of urea groups is 1. The molecule has 0 bridgehead atoms. The zero-order valence-electron chi connectivity index (χ0n) is 13.7. The van der Waals surface area contributed by atoms with Crippen molar-refractivity contribution in [1.82, 2.24) is 9.88 Å². The summed E-state index contributed by atoms with van der Waals surface area (Å²) < 4.78 is 0. The van der Waals surface area contributed by atoms with Crippen molar-refractivity contribution in [2.75, 3.05) is 10.6 Å². The molecule has 3 amide bonds. The summed E-state index contributed by atoms with van der Waals surface area (Å²) in [6, 6.07) is 6.65. The molecule has 1 atom stereocenters. The van der Waals surface area contributed by atoms with Gasteiger partial charge >= 0.3 is 6.03 Å². The summed E-state index contributed by atoms with van der Waals surface area (Å²) in [5.74, 6) is -0.194. The van der Waals surface area contributed by atoms with E-state index in [1.165, 1.54) is 16.2 Å². The third-order valence-electron chi connectivity index (χ3n) is 4.00. The van der Waals surface area contributed by atoms with E-state index in [2.05, 4.69) is 22.5 Å². The van der Waals surface area contributed by atoms with Gasteiger partial charge in [0.15, 0.2) is 5.13 Å². The van der Waals surface area contributed by atoms with Crippen molar-refractivity contribution in [3.63, 3.8) is 0 Å². The Kier molecular flexibility index (Phi) is 4.80. The number of hydrogen-bond donors (Lipinski definition) is 2. The van der Waals surface area contributed by atoms with Gasteiger partial charge in [-0.05, 0) is 25.0 Å². The fourth-order valence-electron chi connectivity index (χ4n) is 2.63. The molecule has 0 radical (unpaired) electrons. The van der Waals surface area contributed by atoms with E-state index in [0.717, 1.165) is 29.8 Å². The summed E-state index contributed by atoms with van der Waals surface area (Å²) in [7, 11) is 0. The van der Waals surface area contributed by atoms with E-state index in [-0.39, 0.29) is 11.9 Å². The maximum Gasteiger partial charge on any atom is 0.324 e. The SMILES string of the molecule is CCCc1csc(NC(=O)N2Cc3ccccc3NC(=O)C2C)n1. The topological polar surface area (TPSA) is 74.3 Å². The molecule has 3 rings (SSSR count). The Morgan fingerprint density at radius 2 is 2.25 bits per heavy atom. The van der Waals surface area contributed by atoms with Crippen LogP contribution in [0, 0.1) is 0 Å². The van der Waals surface area contributed by atoms with Crippen LogP contribution < -0.4 is 10.6 Å². The number of aryl methyl sites for hydroxylation is 1. The van der Waals surface area contributed by atoms with Gasteiger partial charge in [0.05, 0.1) is 12.2 Å². The normalized spacial score (nSPS) is 17.0. The summed E-state index contributed by atoms with van der Waals surface area (Å²) in [6.45, 7) is 4.19. The minimum atomic E-state index is -0.563. The second kappa shape index (κ2) is 7.00. The van der Waals surface area contributed by atoms with Crippen molar-refractivity contribution in [2.24, 2.45) is 0 Å².